The van der Waals surface area contributed by atoms with Crippen molar-refractivity contribution in [3.05, 3.63) is 58.0 Å². The Morgan fingerprint density at radius 3 is 2.78 bits per heavy atom. The molecule has 0 saturated heterocycles. The molecule has 0 bridgehead atoms. The largest absolute Gasteiger partial charge is 0.489 e. The van der Waals surface area contributed by atoms with Gasteiger partial charge in [-0.1, -0.05) is 29.8 Å². The van der Waals surface area contributed by atoms with Gasteiger partial charge in [-0.25, -0.2) is 9.50 Å². The zero-order valence-corrected chi connectivity index (χ0v) is 13.8. The van der Waals surface area contributed by atoms with Crippen LogP contribution in [-0.4, -0.2) is 14.6 Å². The van der Waals surface area contributed by atoms with Crippen molar-refractivity contribution in [1.29, 1.82) is 0 Å². The topological polar surface area (TPSA) is 39.4 Å². The van der Waals surface area contributed by atoms with E-state index in [0.29, 0.717) is 11.8 Å². The summed E-state index contributed by atoms with van der Waals surface area (Å²) in [6.07, 6.45) is 4.33. The zero-order chi connectivity index (χ0) is 15.8. The summed E-state index contributed by atoms with van der Waals surface area (Å²) < 4.78 is 7.66. The lowest BCUT2D eigenvalue weighted by atomic mass is 9.97. The lowest BCUT2D eigenvalue weighted by Crippen LogP contribution is -2.10. The van der Waals surface area contributed by atoms with Gasteiger partial charge >= 0.3 is 0 Å². The normalized spacial score (nSPS) is 14.0. The van der Waals surface area contributed by atoms with Crippen LogP contribution in [0.25, 0.3) is 5.65 Å². The molecule has 5 heteroatoms. The second-order valence-electron chi connectivity index (χ2n) is 5.94. The molecule has 0 unspecified atom stereocenters. The van der Waals surface area contributed by atoms with E-state index in [2.05, 4.69) is 5.10 Å². The van der Waals surface area contributed by atoms with Gasteiger partial charge in [-0.15, -0.1) is 0 Å². The molecule has 118 valence electrons. The number of aryl methyl sites for hydroxylation is 2. The minimum absolute atomic E-state index is 0.446. The van der Waals surface area contributed by atoms with Crippen molar-refractivity contribution < 1.29 is 4.74 Å². The molecule has 1 aliphatic rings. The summed E-state index contributed by atoms with van der Waals surface area (Å²) in [4.78, 5) is 4.85. The summed E-state index contributed by atoms with van der Waals surface area (Å²) in [6, 6.07) is 9.79. The molecule has 0 radical (unpaired) electrons. The molecule has 0 amide bonds. The third kappa shape index (κ3) is 2.57. The minimum atomic E-state index is 0.446. The third-order valence-corrected chi connectivity index (χ3v) is 4.79. The monoisotopic (exact) mass is 327 g/mol. The highest BCUT2D eigenvalue weighted by atomic mass is 35.5. The van der Waals surface area contributed by atoms with Crippen LogP contribution in [0, 0.1) is 6.92 Å². The first kappa shape index (κ1) is 14.5. The Morgan fingerprint density at radius 1 is 1.17 bits per heavy atom. The van der Waals surface area contributed by atoms with E-state index in [1.54, 1.807) is 4.52 Å². The molecule has 0 saturated carbocycles. The van der Waals surface area contributed by atoms with Crippen molar-refractivity contribution in [2.75, 3.05) is 0 Å². The molecule has 1 aliphatic carbocycles. The number of rotatable bonds is 3. The molecule has 1 aromatic carbocycles. The molecule has 0 fully saturated rings. The van der Waals surface area contributed by atoms with Gasteiger partial charge in [0.05, 0.1) is 11.3 Å². The summed E-state index contributed by atoms with van der Waals surface area (Å²) in [5.74, 6) is 0.843. The van der Waals surface area contributed by atoms with E-state index in [9.17, 15) is 0 Å². The number of para-hydroxylation sites is 1. The predicted molar refractivity (Wildman–Crippen MR) is 90.2 cm³/mol. The van der Waals surface area contributed by atoms with Crippen LogP contribution >= 0.6 is 11.6 Å². The van der Waals surface area contributed by atoms with Crippen molar-refractivity contribution in [2.45, 2.75) is 39.2 Å². The van der Waals surface area contributed by atoms with Gasteiger partial charge in [0.1, 0.15) is 17.5 Å². The van der Waals surface area contributed by atoms with Crippen LogP contribution in [-0.2, 0) is 19.4 Å². The maximum absolute atomic E-state index is 6.58. The number of fused-ring (bicyclic) bond motifs is 2. The summed E-state index contributed by atoms with van der Waals surface area (Å²) >= 11 is 6.58. The number of hydrogen-bond acceptors (Lipinski definition) is 3. The Morgan fingerprint density at radius 2 is 1.96 bits per heavy atom. The smallest absolute Gasteiger partial charge is 0.163 e. The Kier molecular flexibility index (Phi) is 3.69. The molecule has 23 heavy (non-hydrogen) atoms. The van der Waals surface area contributed by atoms with Gasteiger partial charge in [0, 0.05) is 11.3 Å². The molecule has 4 rings (SSSR count). The number of aromatic nitrogens is 3. The molecule has 0 N–H and O–H groups in total. The van der Waals surface area contributed by atoms with Crippen molar-refractivity contribution in [1.82, 2.24) is 14.6 Å². The van der Waals surface area contributed by atoms with Crippen LogP contribution in [0.1, 0.15) is 35.4 Å². The van der Waals surface area contributed by atoms with E-state index in [-0.39, 0.29) is 0 Å². The van der Waals surface area contributed by atoms with Gasteiger partial charge in [-0.2, -0.15) is 5.10 Å². The molecular weight excluding hydrogens is 310 g/mol. The fourth-order valence-corrected chi connectivity index (χ4v) is 3.45. The minimum Gasteiger partial charge on any atom is -0.489 e. The van der Waals surface area contributed by atoms with E-state index < -0.39 is 0 Å². The molecule has 0 atom stereocenters. The zero-order valence-electron chi connectivity index (χ0n) is 13.1. The average Bonchev–Trinajstić information content (AvgIpc) is 2.90. The lowest BCUT2D eigenvalue weighted by molar-refractivity contribution is 0.306. The first-order chi connectivity index (χ1) is 11.2. The average molecular weight is 328 g/mol. The second kappa shape index (κ2) is 5.85. The summed E-state index contributed by atoms with van der Waals surface area (Å²) in [5, 5.41) is 5.28. The highest BCUT2D eigenvalue weighted by Crippen LogP contribution is 2.29. The fraction of sp³-hybridized carbons (Fsp3) is 0.333. The van der Waals surface area contributed by atoms with Crippen LogP contribution < -0.4 is 4.74 Å². The first-order valence-corrected chi connectivity index (χ1v) is 8.35. The van der Waals surface area contributed by atoms with E-state index in [4.69, 9.17) is 21.3 Å². The lowest BCUT2D eigenvalue weighted by Gasteiger charge is -2.16. The summed E-state index contributed by atoms with van der Waals surface area (Å²) in [5.41, 5.74) is 5.02. The van der Waals surface area contributed by atoms with E-state index in [1.807, 2.05) is 37.3 Å². The highest BCUT2D eigenvalue weighted by molar-refractivity contribution is 6.30. The van der Waals surface area contributed by atoms with E-state index >= 15 is 0 Å². The van der Waals surface area contributed by atoms with Gasteiger partial charge in [0.15, 0.2) is 5.65 Å². The van der Waals surface area contributed by atoms with E-state index in [1.165, 1.54) is 12.8 Å². The standard InChI is InChI=1S/C18H18ClN3O/c1-12-15(11-23-13-7-3-2-4-8-13)18-20-16-10-6-5-9-14(16)17(19)22(18)21-12/h2-4,7-8H,5-6,9-11H2,1H3. The van der Waals surface area contributed by atoms with Gasteiger partial charge in [-0.3, -0.25) is 0 Å². The van der Waals surface area contributed by atoms with Crippen LogP contribution in [0.2, 0.25) is 5.15 Å². The fourth-order valence-electron chi connectivity index (χ4n) is 3.13. The van der Waals surface area contributed by atoms with Gasteiger partial charge in [-0.05, 0) is 44.7 Å². The Labute approximate surface area is 140 Å². The van der Waals surface area contributed by atoms with Crippen molar-refractivity contribution in [3.8, 4) is 5.75 Å². The maximum atomic E-state index is 6.58. The van der Waals surface area contributed by atoms with E-state index in [0.717, 1.165) is 46.8 Å². The molecular formula is C18H18ClN3O. The Balaban J connectivity index is 1.74. The summed E-state index contributed by atoms with van der Waals surface area (Å²) in [7, 11) is 0. The SMILES string of the molecule is Cc1nn2c(Cl)c3c(nc2c1COc1ccccc1)CCCC3. The molecule has 0 spiro atoms. The Hall–Kier alpha value is -2.07. The first-order valence-electron chi connectivity index (χ1n) is 7.97. The van der Waals surface area contributed by atoms with Gasteiger partial charge in [0.2, 0.25) is 0 Å². The number of benzene rings is 1. The van der Waals surface area contributed by atoms with Gasteiger partial charge < -0.3 is 4.74 Å². The van der Waals surface area contributed by atoms with Crippen molar-refractivity contribution in [2.24, 2.45) is 0 Å². The number of halogens is 1. The van der Waals surface area contributed by atoms with Crippen molar-refractivity contribution >= 4 is 17.2 Å². The quantitative estimate of drug-likeness (QED) is 0.678. The van der Waals surface area contributed by atoms with Crippen LogP contribution in [0.3, 0.4) is 0 Å². The molecule has 0 aliphatic heterocycles. The maximum Gasteiger partial charge on any atom is 0.163 e. The number of nitrogens with zero attached hydrogens (tertiary/aromatic N) is 3. The third-order valence-electron chi connectivity index (χ3n) is 4.40. The molecule has 3 aromatic rings. The number of ether oxygens (including phenoxy) is 1. The highest BCUT2D eigenvalue weighted by Gasteiger charge is 2.21. The molecule has 4 nitrogen and oxygen atoms in total. The molecule has 2 aromatic heterocycles. The summed E-state index contributed by atoms with van der Waals surface area (Å²) in [6.45, 7) is 2.43. The van der Waals surface area contributed by atoms with Crippen molar-refractivity contribution in [3.63, 3.8) is 0 Å². The van der Waals surface area contributed by atoms with Crippen LogP contribution in [0.4, 0.5) is 0 Å². The second-order valence-corrected chi connectivity index (χ2v) is 6.29. The van der Waals surface area contributed by atoms with Crippen LogP contribution in [0.15, 0.2) is 30.3 Å². The Bertz CT molecular complexity index is 858. The predicted octanol–water partition coefficient (Wildman–Crippen LogP) is 4.15. The van der Waals surface area contributed by atoms with Crippen LogP contribution in [0.5, 0.6) is 5.75 Å². The number of hydrogen-bond donors (Lipinski definition) is 0. The molecule has 2 heterocycles. The van der Waals surface area contributed by atoms with Gasteiger partial charge in [0.25, 0.3) is 0 Å².